The first-order chi connectivity index (χ1) is 5.81. The first-order valence-electron chi connectivity index (χ1n) is 3.58. The third-order valence-electron chi connectivity index (χ3n) is 1.70. The van der Waals surface area contributed by atoms with Gasteiger partial charge >= 0.3 is 0 Å². The van der Waals surface area contributed by atoms with E-state index in [-0.39, 0.29) is 0 Å². The normalized spacial score (nSPS) is 10.5. The van der Waals surface area contributed by atoms with Gasteiger partial charge in [0.1, 0.15) is 0 Å². The molecule has 4 nitrogen and oxygen atoms in total. The van der Waals surface area contributed by atoms with Crippen molar-refractivity contribution in [2.45, 2.75) is 6.92 Å². The molecule has 0 fully saturated rings. The van der Waals surface area contributed by atoms with E-state index >= 15 is 0 Å². The Balaban J connectivity index is 2.69. The number of ether oxygens (including phenoxy) is 1. The van der Waals surface area contributed by atoms with Crippen LogP contribution in [0.4, 0.5) is 0 Å². The van der Waals surface area contributed by atoms with Crippen LogP contribution in [0.15, 0.2) is 16.7 Å². The van der Waals surface area contributed by atoms with Crippen LogP contribution in [0.3, 0.4) is 0 Å². The Morgan fingerprint density at radius 2 is 2.25 bits per heavy atom. The fourth-order valence-electron chi connectivity index (χ4n) is 1.04. The predicted octanol–water partition coefficient (Wildman–Crippen LogP) is 1.54. The van der Waals surface area contributed by atoms with Crippen LogP contribution in [0.1, 0.15) is 5.69 Å². The molecule has 0 N–H and O–H groups in total. The van der Waals surface area contributed by atoms with E-state index in [2.05, 4.69) is 10.1 Å². The first-order valence-corrected chi connectivity index (χ1v) is 3.58. The zero-order valence-electron chi connectivity index (χ0n) is 6.87. The van der Waals surface area contributed by atoms with Gasteiger partial charge in [0.2, 0.25) is 5.88 Å². The van der Waals surface area contributed by atoms with E-state index in [0.717, 1.165) is 11.1 Å². The number of aryl methyl sites for hydroxylation is 1. The lowest BCUT2D eigenvalue weighted by Crippen LogP contribution is -1.85. The van der Waals surface area contributed by atoms with Crippen LogP contribution in [-0.4, -0.2) is 17.3 Å². The average molecular weight is 164 g/mol. The number of hydrogen-bond acceptors (Lipinski definition) is 4. The highest BCUT2D eigenvalue weighted by Gasteiger charge is 2.05. The molecule has 0 aliphatic rings. The van der Waals surface area contributed by atoms with Gasteiger partial charge in [-0.3, -0.25) is 0 Å². The highest BCUT2D eigenvalue weighted by Crippen LogP contribution is 2.18. The molecule has 0 saturated carbocycles. The monoisotopic (exact) mass is 164 g/mol. The maximum atomic E-state index is 4.95. The molecule has 2 aromatic heterocycles. The van der Waals surface area contributed by atoms with E-state index in [1.54, 1.807) is 13.2 Å². The van der Waals surface area contributed by atoms with Crippen molar-refractivity contribution in [2.24, 2.45) is 0 Å². The molecule has 0 aliphatic heterocycles. The summed E-state index contributed by atoms with van der Waals surface area (Å²) in [5, 5.41) is 4.70. The molecule has 0 radical (unpaired) electrons. The molecular formula is C8H8N2O2. The molecule has 2 aromatic rings. The Morgan fingerprint density at radius 1 is 1.42 bits per heavy atom. The number of pyridine rings is 1. The lowest BCUT2D eigenvalue weighted by atomic mass is 10.3. The Morgan fingerprint density at radius 3 is 3.00 bits per heavy atom. The predicted molar refractivity (Wildman–Crippen MR) is 43.1 cm³/mol. The van der Waals surface area contributed by atoms with Crippen LogP contribution in [-0.2, 0) is 0 Å². The van der Waals surface area contributed by atoms with Gasteiger partial charge in [-0.25, -0.2) is 0 Å². The number of nitrogens with zero attached hydrogens (tertiary/aromatic N) is 2. The molecule has 0 bridgehead atoms. The number of hydrogen-bond donors (Lipinski definition) is 0. The molecule has 2 rings (SSSR count). The summed E-state index contributed by atoms with van der Waals surface area (Å²) >= 11 is 0. The van der Waals surface area contributed by atoms with Crippen LogP contribution in [0.5, 0.6) is 5.88 Å². The van der Waals surface area contributed by atoms with E-state index in [1.165, 1.54) is 0 Å². The van der Waals surface area contributed by atoms with Crippen LogP contribution in [0.25, 0.3) is 11.1 Å². The molecule has 0 aliphatic carbocycles. The molecule has 0 aromatic carbocycles. The van der Waals surface area contributed by atoms with Gasteiger partial charge in [0.25, 0.3) is 5.71 Å². The van der Waals surface area contributed by atoms with E-state index in [0.29, 0.717) is 11.6 Å². The summed E-state index contributed by atoms with van der Waals surface area (Å²) in [6.45, 7) is 1.87. The standard InChI is InChI=1S/C8H8N2O2/c1-5-6-3-4-7(11-2)9-8(6)12-10-5/h3-4H,1-2H3. The Bertz CT molecular complexity index is 408. The molecule has 2 heterocycles. The van der Waals surface area contributed by atoms with Crippen LogP contribution in [0, 0.1) is 6.92 Å². The lowest BCUT2D eigenvalue weighted by molar-refractivity contribution is 0.390. The maximum Gasteiger partial charge on any atom is 0.261 e. The minimum Gasteiger partial charge on any atom is -0.481 e. The van der Waals surface area contributed by atoms with Gasteiger partial charge in [0, 0.05) is 6.07 Å². The van der Waals surface area contributed by atoms with Crippen molar-refractivity contribution in [3.05, 3.63) is 17.8 Å². The average Bonchev–Trinajstić information content (AvgIpc) is 2.47. The minimum atomic E-state index is 0.520. The van der Waals surface area contributed by atoms with Crippen molar-refractivity contribution in [1.29, 1.82) is 0 Å². The maximum absolute atomic E-state index is 4.95. The SMILES string of the molecule is COc1ccc2c(C)noc2n1. The highest BCUT2D eigenvalue weighted by molar-refractivity contribution is 5.75. The third kappa shape index (κ3) is 0.922. The van der Waals surface area contributed by atoms with Crippen LogP contribution in [0.2, 0.25) is 0 Å². The van der Waals surface area contributed by atoms with Gasteiger partial charge in [0.15, 0.2) is 0 Å². The summed E-state index contributed by atoms with van der Waals surface area (Å²) < 4.78 is 9.88. The number of methoxy groups -OCH3 is 1. The largest absolute Gasteiger partial charge is 0.481 e. The van der Waals surface area contributed by atoms with Crippen molar-refractivity contribution in [1.82, 2.24) is 10.1 Å². The fourth-order valence-corrected chi connectivity index (χ4v) is 1.04. The second-order valence-electron chi connectivity index (χ2n) is 2.47. The first kappa shape index (κ1) is 7.09. The van der Waals surface area contributed by atoms with Gasteiger partial charge in [-0.15, -0.1) is 0 Å². The molecule has 0 unspecified atom stereocenters. The van der Waals surface area contributed by atoms with E-state index in [9.17, 15) is 0 Å². The second-order valence-corrected chi connectivity index (χ2v) is 2.47. The number of aromatic nitrogens is 2. The molecule has 0 atom stereocenters. The summed E-state index contributed by atoms with van der Waals surface area (Å²) in [7, 11) is 1.57. The topological polar surface area (TPSA) is 48.2 Å². The Kier molecular flexibility index (Phi) is 1.46. The van der Waals surface area contributed by atoms with Crippen molar-refractivity contribution >= 4 is 11.1 Å². The van der Waals surface area contributed by atoms with Gasteiger partial charge < -0.3 is 9.26 Å². The third-order valence-corrected chi connectivity index (χ3v) is 1.70. The number of rotatable bonds is 1. The van der Waals surface area contributed by atoms with Gasteiger partial charge in [-0.2, -0.15) is 4.98 Å². The highest BCUT2D eigenvalue weighted by atomic mass is 16.5. The molecular weight excluding hydrogens is 156 g/mol. The zero-order chi connectivity index (χ0) is 8.55. The van der Waals surface area contributed by atoms with Crippen molar-refractivity contribution in [2.75, 3.05) is 7.11 Å². The zero-order valence-corrected chi connectivity index (χ0v) is 6.87. The molecule has 4 heteroatoms. The van der Waals surface area contributed by atoms with E-state index < -0.39 is 0 Å². The van der Waals surface area contributed by atoms with Crippen molar-refractivity contribution < 1.29 is 9.26 Å². The summed E-state index contributed by atoms with van der Waals surface area (Å²) in [5.41, 5.74) is 1.37. The molecule has 62 valence electrons. The van der Waals surface area contributed by atoms with E-state index in [1.807, 2.05) is 13.0 Å². The second kappa shape index (κ2) is 2.48. The van der Waals surface area contributed by atoms with E-state index in [4.69, 9.17) is 9.26 Å². The lowest BCUT2D eigenvalue weighted by Gasteiger charge is -1.94. The molecule has 0 saturated heterocycles. The van der Waals surface area contributed by atoms with Gasteiger partial charge in [0.05, 0.1) is 18.2 Å². The summed E-state index contributed by atoms with van der Waals surface area (Å²) in [4.78, 5) is 4.06. The molecule has 12 heavy (non-hydrogen) atoms. The smallest absolute Gasteiger partial charge is 0.261 e. The van der Waals surface area contributed by atoms with Crippen LogP contribution >= 0.6 is 0 Å². The Hall–Kier alpha value is -1.58. The minimum absolute atomic E-state index is 0.520. The van der Waals surface area contributed by atoms with Crippen molar-refractivity contribution in [3.8, 4) is 5.88 Å². The Labute approximate surface area is 69.1 Å². The van der Waals surface area contributed by atoms with Crippen LogP contribution < -0.4 is 4.74 Å². The molecule has 0 spiro atoms. The number of fused-ring (bicyclic) bond motifs is 1. The fraction of sp³-hybridized carbons (Fsp3) is 0.250. The molecule has 0 amide bonds. The van der Waals surface area contributed by atoms with Gasteiger partial charge in [-0.05, 0) is 13.0 Å². The summed E-state index contributed by atoms with van der Waals surface area (Å²) in [6, 6.07) is 3.67. The van der Waals surface area contributed by atoms with Crippen molar-refractivity contribution in [3.63, 3.8) is 0 Å². The van der Waals surface area contributed by atoms with Gasteiger partial charge in [-0.1, -0.05) is 5.16 Å². The summed E-state index contributed by atoms with van der Waals surface area (Å²) in [6.07, 6.45) is 0. The quantitative estimate of drug-likeness (QED) is 0.641. The summed E-state index contributed by atoms with van der Waals surface area (Å²) in [5.74, 6) is 0.540.